The molecule has 0 aliphatic rings. The first-order valence-corrected chi connectivity index (χ1v) is 5.15. The van der Waals surface area contributed by atoms with E-state index in [4.69, 9.17) is 16.9 Å². The minimum absolute atomic E-state index is 0.411. The highest BCUT2D eigenvalue weighted by Crippen LogP contribution is 2.31. The predicted octanol–water partition coefficient (Wildman–Crippen LogP) is 1.77. The van der Waals surface area contributed by atoms with Gasteiger partial charge < -0.3 is 15.0 Å². The smallest absolute Gasteiger partial charge is 0.132 e. The van der Waals surface area contributed by atoms with Gasteiger partial charge in [0, 0.05) is 5.56 Å². The van der Waals surface area contributed by atoms with Gasteiger partial charge in [-0.2, -0.15) is 0 Å². The highest BCUT2D eigenvalue weighted by atomic mass is 16.5. The SMILES string of the molecule is C#CCn1cnc(-c2ccccc2OC)c1N. The minimum atomic E-state index is 0.411. The first-order valence-electron chi connectivity index (χ1n) is 5.15. The summed E-state index contributed by atoms with van der Waals surface area (Å²) in [5.41, 5.74) is 7.55. The molecule has 4 nitrogen and oxygen atoms in total. The first-order chi connectivity index (χ1) is 8.27. The van der Waals surface area contributed by atoms with Crippen molar-refractivity contribution >= 4 is 5.82 Å². The van der Waals surface area contributed by atoms with Crippen LogP contribution < -0.4 is 10.5 Å². The van der Waals surface area contributed by atoms with E-state index < -0.39 is 0 Å². The number of imidazole rings is 1. The molecule has 0 aliphatic carbocycles. The van der Waals surface area contributed by atoms with Gasteiger partial charge in [0.15, 0.2) is 0 Å². The highest BCUT2D eigenvalue weighted by molar-refractivity contribution is 5.75. The summed E-state index contributed by atoms with van der Waals surface area (Å²) in [6.07, 6.45) is 6.89. The summed E-state index contributed by atoms with van der Waals surface area (Å²) in [6, 6.07) is 7.60. The van der Waals surface area contributed by atoms with Crippen molar-refractivity contribution < 1.29 is 4.74 Å². The number of hydrogen-bond donors (Lipinski definition) is 1. The number of anilines is 1. The fourth-order valence-electron chi connectivity index (χ4n) is 1.66. The number of benzene rings is 1. The van der Waals surface area contributed by atoms with Gasteiger partial charge in [0.25, 0.3) is 0 Å². The number of hydrogen-bond acceptors (Lipinski definition) is 3. The molecule has 0 spiro atoms. The van der Waals surface area contributed by atoms with Crippen LogP contribution in [0.25, 0.3) is 11.3 Å². The molecule has 0 saturated heterocycles. The third-order valence-electron chi connectivity index (χ3n) is 2.50. The number of aromatic nitrogens is 2. The molecule has 1 aromatic heterocycles. The number of rotatable bonds is 3. The monoisotopic (exact) mass is 227 g/mol. The summed E-state index contributed by atoms with van der Waals surface area (Å²) in [5, 5.41) is 0. The van der Waals surface area contributed by atoms with Crippen LogP contribution in [0.2, 0.25) is 0 Å². The second-order valence-corrected chi connectivity index (χ2v) is 3.51. The standard InChI is InChI=1S/C13H13N3O/c1-3-8-16-9-15-12(13(16)14)10-6-4-5-7-11(10)17-2/h1,4-7,9H,8,14H2,2H3. The molecule has 86 valence electrons. The van der Waals surface area contributed by atoms with E-state index in [1.165, 1.54) is 0 Å². The normalized spacial score (nSPS) is 9.88. The van der Waals surface area contributed by atoms with Crippen molar-refractivity contribution in [3.63, 3.8) is 0 Å². The van der Waals surface area contributed by atoms with Crippen molar-refractivity contribution in [1.82, 2.24) is 9.55 Å². The van der Waals surface area contributed by atoms with E-state index >= 15 is 0 Å². The molecule has 2 aromatic rings. The Kier molecular flexibility index (Phi) is 3.01. The quantitative estimate of drug-likeness (QED) is 0.813. The lowest BCUT2D eigenvalue weighted by Crippen LogP contribution is -2.00. The lowest BCUT2D eigenvalue weighted by molar-refractivity contribution is 0.416. The molecule has 2 rings (SSSR count). The lowest BCUT2D eigenvalue weighted by atomic mass is 10.1. The second kappa shape index (κ2) is 4.62. The van der Waals surface area contributed by atoms with Gasteiger partial charge in [-0.15, -0.1) is 6.42 Å². The zero-order valence-corrected chi connectivity index (χ0v) is 9.55. The van der Waals surface area contributed by atoms with Crippen molar-refractivity contribution in [3.05, 3.63) is 30.6 Å². The molecule has 2 N–H and O–H groups in total. The van der Waals surface area contributed by atoms with Crippen molar-refractivity contribution in [2.24, 2.45) is 0 Å². The summed E-state index contributed by atoms with van der Waals surface area (Å²) in [5.74, 6) is 3.82. The minimum Gasteiger partial charge on any atom is -0.496 e. The van der Waals surface area contributed by atoms with E-state index in [1.807, 2.05) is 24.3 Å². The van der Waals surface area contributed by atoms with E-state index in [2.05, 4.69) is 10.9 Å². The number of terminal acetylenes is 1. The number of ether oxygens (including phenoxy) is 1. The first kappa shape index (κ1) is 11.1. The van der Waals surface area contributed by atoms with E-state index in [0.717, 1.165) is 11.3 Å². The van der Waals surface area contributed by atoms with E-state index in [1.54, 1.807) is 18.0 Å². The molecule has 0 unspecified atom stereocenters. The van der Waals surface area contributed by atoms with Gasteiger partial charge in [-0.25, -0.2) is 4.98 Å². The number of nitrogens with zero attached hydrogens (tertiary/aromatic N) is 2. The number of methoxy groups -OCH3 is 1. The number of nitrogen functional groups attached to an aromatic ring is 1. The summed E-state index contributed by atoms with van der Waals surface area (Å²) in [4.78, 5) is 4.28. The molecular weight excluding hydrogens is 214 g/mol. The van der Waals surface area contributed by atoms with Crippen molar-refractivity contribution in [3.8, 4) is 29.4 Å². The third kappa shape index (κ3) is 1.95. The molecule has 0 atom stereocenters. The van der Waals surface area contributed by atoms with E-state index in [9.17, 15) is 0 Å². The molecule has 0 bridgehead atoms. The van der Waals surface area contributed by atoms with Crippen LogP contribution in [0.4, 0.5) is 5.82 Å². The van der Waals surface area contributed by atoms with Crippen LogP contribution in [-0.4, -0.2) is 16.7 Å². The zero-order valence-electron chi connectivity index (χ0n) is 9.55. The van der Waals surface area contributed by atoms with Crippen LogP contribution >= 0.6 is 0 Å². The topological polar surface area (TPSA) is 53.1 Å². The average Bonchev–Trinajstić information content (AvgIpc) is 2.72. The molecule has 0 aliphatic heterocycles. The Bertz CT molecular complexity index is 566. The van der Waals surface area contributed by atoms with Gasteiger partial charge in [-0.3, -0.25) is 0 Å². The summed E-state index contributed by atoms with van der Waals surface area (Å²) in [7, 11) is 1.62. The van der Waals surface area contributed by atoms with E-state index in [0.29, 0.717) is 18.1 Å². The zero-order chi connectivity index (χ0) is 12.3. The molecular formula is C13H13N3O. The van der Waals surface area contributed by atoms with Crippen LogP contribution in [0.15, 0.2) is 30.6 Å². The number of nitrogens with two attached hydrogens (primary N) is 1. The summed E-state index contributed by atoms with van der Waals surface area (Å²) < 4.78 is 7.00. The molecule has 0 radical (unpaired) electrons. The molecule has 1 heterocycles. The Balaban J connectivity index is 2.50. The molecule has 17 heavy (non-hydrogen) atoms. The van der Waals surface area contributed by atoms with Crippen LogP contribution in [0.1, 0.15) is 0 Å². The van der Waals surface area contributed by atoms with E-state index in [-0.39, 0.29) is 0 Å². The second-order valence-electron chi connectivity index (χ2n) is 3.51. The number of para-hydroxylation sites is 1. The molecule has 4 heteroatoms. The Hall–Kier alpha value is -2.41. The van der Waals surface area contributed by atoms with Crippen LogP contribution in [-0.2, 0) is 6.54 Å². The largest absolute Gasteiger partial charge is 0.496 e. The van der Waals surface area contributed by atoms with Gasteiger partial charge in [0.05, 0.1) is 20.0 Å². The van der Waals surface area contributed by atoms with Crippen LogP contribution in [0.3, 0.4) is 0 Å². The Morgan fingerprint density at radius 1 is 1.47 bits per heavy atom. The molecule has 0 amide bonds. The summed E-state index contributed by atoms with van der Waals surface area (Å²) >= 11 is 0. The lowest BCUT2D eigenvalue weighted by Gasteiger charge is -2.07. The fraction of sp³-hybridized carbons (Fsp3) is 0.154. The summed E-state index contributed by atoms with van der Waals surface area (Å²) in [6.45, 7) is 0.411. The Morgan fingerprint density at radius 3 is 2.94 bits per heavy atom. The Labute approximate surface area is 100 Å². The van der Waals surface area contributed by atoms with Crippen molar-refractivity contribution in [2.75, 3.05) is 12.8 Å². The maximum Gasteiger partial charge on any atom is 0.132 e. The fourth-order valence-corrected chi connectivity index (χ4v) is 1.66. The predicted molar refractivity (Wildman–Crippen MR) is 67.5 cm³/mol. The molecule has 0 saturated carbocycles. The van der Waals surface area contributed by atoms with Crippen LogP contribution in [0.5, 0.6) is 5.75 Å². The van der Waals surface area contributed by atoms with Gasteiger partial charge in [0.1, 0.15) is 17.3 Å². The maximum absolute atomic E-state index is 5.99. The third-order valence-corrected chi connectivity index (χ3v) is 2.50. The Morgan fingerprint density at radius 2 is 2.24 bits per heavy atom. The molecule has 1 aromatic carbocycles. The van der Waals surface area contributed by atoms with Gasteiger partial charge in [-0.05, 0) is 12.1 Å². The maximum atomic E-state index is 5.99. The van der Waals surface area contributed by atoms with Gasteiger partial charge in [0.2, 0.25) is 0 Å². The van der Waals surface area contributed by atoms with Gasteiger partial charge in [-0.1, -0.05) is 18.1 Å². The van der Waals surface area contributed by atoms with Crippen LogP contribution in [0, 0.1) is 12.3 Å². The van der Waals surface area contributed by atoms with Gasteiger partial charge >= 0.3 is 0 Å². The van der Waals surface area contributed by atoms with Crippen molar-refractivity contribution in [2.45, 2.75) is 6.54 Å². The average molecular weight is 227 g/mol. The van der Waals surface area contributed by atoms with Crippen molar-refractivity contribution in [1.29, 1.82) is 0 Å². The highest BCUT2D eigenvalue weighted by Gasteiger charge is 2.13. The molecule has 0 fully saturated rings.